The van der Waals surface area contributed by atoms with Crippen molar-refractivity contribution in [1.29, 1.82) is 0 Å². The molecule has 23 heavy (non-hydrogen) atoms. The summed E-state index contributed by atoms with van der Waals surface area (Å²) in [7, 11) is -4.82. The number of aromatic nitrogens is 1. The number of nitrogens with zero attached hydrogens (tertiary/aromatic N) is 4. The van der Waals surface area contributed by atoms with Crippen LogP contribution in [0.15, 0.2) is 40.3 Å². The molecule has 0 unspecified atom stereocenters. The Balaban J connectivity index is 2.30. The van der Waals surface area contributed by atoms with Crippen molar-refractivity contribution >= 4 is 21.8 Å². The fourth-order valence-electron chi connectivity index (χ4n) is 1.58. The van der Waals surface area contributed by atoms with E-state index in [9.17, 15) is 23.4 Å². The summed E-state index contributed by atoms with van der Waals surface area (Å²) in [5.74, 6) is -3.15. The van der Waals surface area contributed by atoms with E-state index in [1.165, 1.54) is 24.3 Å². The minimum absolute atomic E-state index is 0.0391. The summed E-state index contributed by atoms with van der Waals surface area (Å²) in [6, 6.07) is 5.62. The number of carbonyl (C=O) groups excluding carboxylic acids is 1. The Morgan fingerprint density at radius 2 is 1.87 bits per heavy atom. The second-order valence-electron chi connectivity index (χ2n) is 4.07. The highest BCUT2D eigenvalue weighted by atomic mass is 32.2. The molecule has 0 saturated heterocycles. The van der Waals surface area contributed by atoms with Crippen LogP contribution in [0.4, 0.5) is 5.69 Å². The average molecular weight is 340 g/mol. The van der Waals surface area contributed by atoms with Crippen LogP contribution in [0.5, 0.6) is 11.8 Å². The molecule has 0 bridgehead atoms. The molecule has 0 aliphatic heterocycles. The maximum atomic E-state index is 11.9. The lowest BCUT2D eigenvalue weighted by Crippen LogP contribution is -2.19. The molecule has 0 amide bonds. The Kier molecular flexibility index (Phi) is 4.14. The molecular formula is C11H8N4O7S. The predicted molar refractivity (Wildman–Crippen MR) is 73.7 cm³/mol. The van der Waals surface area contributed by atoms with E-state index in [1.54, 1.807) is 0 Å². The predicted octanol–water partition coefficient (Wildman–Crippen LogP) is 1.36. The molecule has 11 nitrogen and oxygen atoms in total. The molecule has 0 spiro atoms. The van der Waals surface area contributed by atoms with E-state index >= 15 is 0 Å². The number of carbonyl (C=O) groups is 1. The maximum absolute atomic E-state index is 11.9. The van der Waals surface area contributed by atoms with Crippen LogP contribution in [0.1, 0.15) is 10.4 Å². The highest BCUT2D eigenvalue weighted by molar-refractivity contribution is 7.86. The van der Waals surface area contributed by atoms with Crippen LogP contribution in [0.2, 0.25) is 0 Å². The molecule has 1 aromatic heterocycles. The largest absolute Gasteiger partial charge is 0.492 e. The van der Waals surface area contributed by atoms with Gasteiger partial charge in [0, 0.05) is 16.7 Å². The zero-order valence-corrected chi connectivity index (χ0v) is 11.9. The zero-order chi connectivity index (χ0) is 17.2. The monoisotopic (exact) mass is 340 g/mol. The summed E-state index contributed by atoms with van der Waals surface area (Å²) in [5, 5.41) is 22.4. The van der Waals surface area contributed by atoms with Gasteiger partial charge in [-0.2, -0.15) is 8.42 Å². The van der Waals surface area contributed by atoms with E-state index < -0.39 is 32.7 Å². The van der Waals surface area contributed by atoms with E-state index in [0.29, 0.717) is 6.07 Å². The normalized spacial score (nSPS) is 10.8. The fraction of sp³-hybridized carbons (Fsp3) is 0. The topological polar surface area (TPSA) is 175 Å². The third-order valence-electron chi connectivity index (χ3n) is 2.60. The van der Waals surface area contributed by atoms with Gasteiger partial charge in [0.1, 0.15) is 0 Å². The number of rotatable bonds is 4. The van der Waals surface area contributed by atoms with Gasteiger partial charge >= 0.3 is 5.97 Å². The first-order chi connectivity index (χ1) is 10.7. The molecule has 0 atom stereocenters. The van der Waals surface area contributed by atoms with Crippen molar-refractivity contribution in [3.05, 3.63) is 46.3 Å². The van der Waals surface area contributed by atoms with Crippen LogP contribution in [0.25, 0.3) is 10.4 Å². The van der Waals surface area contributed by atoms with Crippen molar-refractivity contribution < 1.29 is 32.8 Å². The summed E-state index contributed by atoms with van der Waals surface area (Å²) in [4.78, 5) is 18.0. The summed E-state index contributed by atoms with van der Waals surface area (Å²) < 4.78 is 30.9. The van der Waals surface area contributed by atoms with Crippen molar-refractivity contribution in [3.8, 4) is 11.8 Å². The third-order valence-corrected chi connectivity index (χ3v) is 3.45. The average Bonchev–Trinajstić information content (AvgIpc) is 2.76. The number of aromatic hydroxyl groups is 2. The molecule has 3 N–H and O–H groups in total. The first-order valence-electron chi connectivity index (χ1n) is 5.73. The van der Waals surface area contributed by atoms with Gasteiger partial charge in [0.05, 0.1) is 5.56 Å². The molecule has 1 aromatic carbocycles. The van der Waals surface area contributed by atoms with Crippen LogP contribution < -0.4 is 4.84 Å². The molecule has 12 heteroatoms. The number of hydrogen-bond acceptors (Lipinski definition) is 7. The van der Waals surface area contributed by atoms with Gasteiger partial charge in [-0.15, -0.1) is 4.73 Å². The summed E-state index contributed by atoms with van der Waals surface area (Å²) in [6.45, 7) is 0. The summed E-state index contributed by atoms with van der Waals surface area (Å²) >= 11 is 0. The SMILES string of the molecule is [N-]=[N+]=Nc1ccc(C(=O)On2c(O)cc(S(=O)(=O)O)c2O)cc1. The molecule has 0 aliphatic rings. The summed E-state index contributed by atoms with van der Waals surface area (Å²) in [6.07, 6.45) is 0. The van der Waals surface area contributed by atoms with Crippen molar-refractivity contribution in [2.45, 2.75) is 4.90 Å². The van der Waals surface area contributed by atoms with Crippen molar-refractivity contribution in [1.82, 2.24) is 4.73 Å². The Hall–Kier alpha value is -3.21. The summed E-state index contributed by atoms with van der Waals surface area (Å²) in [5.41, 5.74) is 8.46. The molecular weight excluding hydrogens is 332 g/mol. The Morgan fingerprint density at radius 3 is 2.35 bits per heavy atom. The van der Waals surface area contributed by atoms with Crippen LogP contribution in [-0.2, 0) is 10.1 Å². The van der Waals surface area contributed by atoms with Crippen LogP contribution in [0, 0.1) is 0 Å². The Morgan fingerprint density at radius 1 is 1.26 bits per heavy atom. The van der Waals surface area contributed by atoms with Crippen LogP contribution in [0.3, 0.4) is 0 Å². The number of benzene rings is 1. The molecule has 2 aromatic rings. The van der Waals surface area contributed by atoms with Crippen molar-refractivity contribution in [2.75, 3.05) is 0 Å². The van der Waals surface area contributed by atoms with E-state index in [-0.39, 0.29) is 16.0 Å². The van der Waals surface area contributed by atoms with Gasteiger partial charge in [0.15, 0.2) is 4.90 Å². The van der Waals surface area contributed by atoms with Gasteiger partial charge < -0.3 is 15.1 Å². The minimum atomic E-state index is -4.82. The lowest BCUT2D eigenvalue weighted by atomic mass is 10.2. The van der Waals surface area contributed by atoms with Crippen molar-refractivity contribution in [2.24, 2.45) is 5.11 Å². The lowest BCUT2D eigenvalue weighted by molar-refractivity contribution is 0.0377. The zero-order valence-electron chi connectivity index (χ0n) is 11.1. The number of hydrogen-bond donors (Lipinski definition) is 3. The smallest absolute Gasteiger partial charge is 0.363 e. The van der Waals surface area contributed by atoms with E-state index in [1.807, 2.05) is 0 Å². The first-order valence-corrected chi connectivity index (χ1v) is 7.17. The van der Waals surface area contributed by atoms with E-state index in [0.717, 1.165) is 0 Å². The van der Waals surface area contributed by atoms with Crippen LogP contribution in [-0.4, -0.2) is 33.9 Å². The lowest BCUT2D eigenvalue weighted by Gasteiger charge is -2.07. The van der Waals surface area contributed by atoms with E-state index in [2.05, 4.69) is 14.9 Å². The van der Waals surface area contributed by atoms with Crippen LogP contribution >= 0.6 is 0 Å². The van der Waals surface area contributed by atoms with Gasteiger partial charge in [-0.05, 0) is 17.7 Å². The highest BCUT2D eigenvalue weighted by Crippen LogP contribution is 2.30. The Labute approximate surface area is 128 Å². The molecule has 0 saturated carbocycles. The van der Waals surface area contributed by atoms with Gasteiger partial charge in [0.2, 0.25) is 5.88 Å². The van der Waals surface area contributed by atoms with Gasteiger partial charge in [-0.25, -0.2) is 4.79 Å². The molecule has 0 radical (unpaired) electrons. The molecule has 0 aliphatic carbocycles. The van der Waals surface area contributed by atoms with Gasteiger partial charge in [-0.3, -0.25) is 4.55 Å². The van der Waals surface area contributed by atoms with Crippen molar-refractivity contribution in [3.63, 3.8) is 0 Å². The second-order valence-corrected chi connectivity index (χ2v) is 5.46. The van der Waals surface area contributed by atoms with Gasteiger partial charge in [0.25, 0.3) is 16.0 Å². The first kappa shape index (κ1) is 16.2. The maximum Gasteiger partial charge on any atom is 0.363 e. The Bertz CT molecular complexity index is 911. The fourth-order valence-corrected chi connectivity index (χ4v) is 2.15. The van der Waals surface area contributed by atoms with Gasteiger partial charge in [-0.1, -0.05) is 17.2 Å². The second kappa shape index (κ2) is 5.88. The molecule has 2 rings (SSSR count). The highest BCUT2D eigenvalue weighted by Gasteiger charge is 2.26. The molecule has 0 fully saturated rings. The third kappa shape index (κ3) is 3.35. The quantitative estimate of drug-likeness (QED) is 0.325. The standard InChI is InChI=1S/C11H8N4O7S/c12-14-13-7-3-1-6(2-4-7)11(18)22-15-9(16)5-8(10(15)17)23(19,20)21/h1-5,16-17H,(H,19,20,21). The molecule has 120 valence electrons. The minimum Gasteiger partial charge on any atom is -0.492 e. The molecule has 1 heterocycles. The van der Waals surface area contributed by atoms with E-state index in [4.69, 9.17) is 10.1 Å². The number of azide groups is 1.